The van der Waals surface area contributed by atoms with Crippen molar-refractivity contribution in [3.8, 4) is 5.75 Å². The topological polar surface area (TPSA) is 50.4 Å². The minimum absolute atomic E-state index is 0.0923. The molecule has 2 unspecified atom stereocenters. The predicted octanol–water partition coefficient (Wildman–Crippen LogP) is 1.88. The van der Waals surface area contributed by atoms with Crippen LogP contribution in [0.3, 0.4) is 0 Å². The molecule has 1 saturated heterocycles. The molecule has 1 aromatic rings. The van der Waals surface area contributed by atoms with Gasteiger partial charge in [0.15, 0.2) is 0 Å². The Bertz CT molecular complexity index is 431. The summed E-state index contributed by atoms with van der Waals surface area (Å²) in [5.41, 5.74) is 1.02. The average molecular weight is 276 g/mol. The Morgan fingerprint density at radius 1 is 1.40 bits per heavy atom. The number of hydrogen-bond acceptors (Lipinski definition) is 3. The van der Waals surface area contributed by atoms with Crippen molar-refractivity contribution in [1.29, 1.82) is 0 Å². The van der Waals surface area contributed by atoms with E-state index in [9.17, 15) is 4.79 Å². The van der Waals surface area contributed by atoms with Crippen LogP contribution in [0, 0.1) is 0 Å². The first-order chi connectivity index (χ1) is 9.69. The number of rotatable bonds is 5. The molecule has 1 aromatic carbocycles. The fourth-order valence-electron chi connectivity index (χ4n) is 2.55. The molecule has 0 spiro atoms. The van der Waals surface area contributed by atoms with Crippen LogP contribution in [0.4, 0.5) is 0 Å². The van der Waals surface area contributed by atoms with Crippen LogP contribution >= 0.6 is 0 Å². The molecule has 4 nitrogen and oxygen atoms in total. The van der Waals surface area contributed by atoms with Crippen LogP contribution in [0.25, 0.3) is 0 Å². The molecule has 2 N–H and O–H groups in total. The second kappa shape index (κ2) is 7.29. The number of amides is 1. The third-order valence-corrected chi connectivity index (χ3v) is 3.71. The van der Waals surface area contributed by atoms with Crippen molar-refractivity contribution >= 4 is 5.91 Å². The molecule has 1 heterocycles. The van der Waals surface area contributed by atoms with Gasteiger partial charge in [0.05, 0.1) is 13.0 Å². The number of hydrogen-bond donors (Lipinski definition) is 2. The van der Waals surface area contributed by atoms with E-state index < -0.39 is 0 Å². The number of ether oxygens (including phenoxy) is 1. The Hall–Kier alpha value is -1.55. The molecule has 0 radical (unpaired) electrons. The molecule has 1 aliphatic rings. The van der Waals surface area contributed by atoms with Crippen LogP contribution in [0.1, 0.15) is 32.3 Å². The monoisotopic (exact) mass is 276 g/mol. The molecule has 2 atom stereocenters. The number of benzene rings is 1. The Morgan fingerprint density at radius 3 is 2.80 bits per heavy atom. The largest absolute Gasteiger partial charge is 0.494 e. The van der Waals surface area contributed by atoms with Gasteiger partial charge in [0, 0.05) is 12.1 Å². The fourth-order valence-corrected chi connectivity index (χ4v) is 2.55. The summed E-state index contributed by atoms with van der Waals surface area (Å²) >= 11 is 0. The molecule has 1 aliphatic heterocycles. The summed E-state index contributed by atoms with van der Waals surface area (Å²) in [7, 11) is 0. The van der Waals surface area contributed by atoms with E-state index in [1.807, 2.05) is 31.2 Å². The lowest BCUT2D eigenvalue weighted by atomic mass is 9.99. The molecule has 1 amide bonds. The lowest BCUT2D eigenvalue weighted by Crippen LogP contribution is -2.52. The third kappa shape index (κ3) is 4.23. The first kappa shape index (κ1) is 14.9. The van der Waals surface area contributed by atoms with Gasteiger partial charge in [-0.15, -0.1) is 0 Å². The normalized spacial score (nSPS) is 22.3. The van der Waals surface area contributed by atoms with Crippen molar-refractivity contribution in [3.05, 3.63) is 29.8 Å². The van der Waals surface area contributed by atoms with Crippen LogP contribution in [-0.4, -0.2) is 31.1 Å². The highest BCUT2D eigenvalue weighted by atomic mass is 16.5. The van der Waals surface area contributed by atoms with E-state index in [1.54, 1.807) is 0 Å². The van der Waals surface area contributed by atoms with Crippen molar-refractivity contribution in [2.24, 2.45) is 0 Å². The number of carbonyl (C=O) groups is 1. The Kier molecular flexibility index (Phi) is 5.41. The summed E-state index contributed by atoms with van der Waals surface area (Å²) < 4.78 is 5.39. The molecule has 0 bridgehead atoms. The Morgan fingerprint density at radius 2 is 2.15 bits per heavy atom. The van der Waals surface area contributed by atoms with Crippen LogP contribution in [-0.2, 0) is 11.2 Å². The molecule has 0 aromatic heterocycles. The van der Waals surface area contributed by atoms with Gasteiger partial charge in [-0.2, -0.15) is 0 Å². The van der Waals surface area contributed by atoms with E-state index >= 15 is 0 Å². The van der Waals surface area contributed by atoms with Crippen molar-refractivity contribution < 1.29 is 9.53 Å². The van der Waals surface area contributed by atoms with Crippen molar-refractivity contribution in [2.75, 3.05) is 13.2 Å². The lowest BCUT2D eigenvalue weighted by molar-refractivity contribution is -0.121. The standard InChI is InChI=1S/C16H24N2O2/c1-3-20-14-8-6-13(7-9-14)11-16(19)18-15-5-4-10-17-12(15)2/h6-9,12,15,17H,3-5,10-11H2,1-2H3,(H,18,19). The van der Waals surface area contributed by atoms with Crippen molar-refractivity contribution in [2.45, 2.75) is 45.2 Å². The fraction of sp³-hybridized carbons (Fsp3) is 0.562. The summed E-state index contributed by atoms with van der Waals surface area (Å²) in [5, 5.41) is 6.52. The van der Waals surface area contributed by atoms with Gasteiger partial charge in [-0.3, -0.25) is 4.79 Å². The molecule has 0 saturated carbocycles. The first-order valence-electron chi connectivity index (χ1n) is 7.43. The van der Waals surface area contributed by atoms with Crippen LogP contribution in [0.15, 0.2) is 24.3 Å². The van der Waals surface area contributed by atoms with Crippen LogP contribution < -0.4 is 15.4 Å². The zero-order chi connectivity index (χ0) is 14.4. The number of nitrogens with one attached hydrogen (secondary N) is 2. The van der Waals surface area contributed by atoms with Crippen molar-refractivity contribution in [3.63, 3.8) is 0 Å². The van der Waals surface area contributed by atoms with Gasteiger partial charge in [-0.05, 0) is 50.9 Å². The molecular formula is C16H24N2O2. The third-order valence-electron chi connectivity index (χ3n) is 3.71. The Labute approximate surface area is 120 Å². The second-order valence-corrected chi connectivity index (χ2v) is 5.31. The average Bonchev–Trinajstić information content (AvgIpc) is 2.44. The maximum atomic E-state index is 12.1. The predicted molar refractivity (Wildman–Crippen MR) is 79.9 cm³/mol. The highest BCUT2D eigenvalue weighted by Crippen LogP contribution is 2.13. The van der Waals surface area contributed by atoms with Crippen LogP contribution in [0.2, 0.25) is 0 Å². The molecule has 4 heteroatoms. The lowest BCUT2D eigenvalue weighted by Gasteiger charge is -2.30. The Balaban J connectivity index is 1.84. The van der Waals surface area contributed by atoms with Crippen LogP contribution in [0.5, 0.6) is 5.75 Å². The SMILES string of the molecule is CCOc1ccc(CC(=O)NC2CCCNC2C)cc1. The van der Waals surface area contributed by atoms with Gasteiger partial charge in [0.25, 0.3) is 0 Å². The highest BCUT2D eigenvalue weighted by Gasteiger charge is 2.22. The van der Waals surface area contributed by atoms with Gasteiger partial charge in [-0.1, -0.05) is 12.1 Å². The maximum Gasteiger partial charge on any atom is 0.224 e. The van der Waals surface area contributed by atoms with E-state index in [0.29, 0.717) is 19.1 Å². The van der Waals surface area contributed by atoms with E-state index in [-0.39, 0.29) is 11.9 Å². The minimum Gasteiger partial charge on any atom is -0.494 e. The van der Waals surface area contributed by atoms with Gasteiger partial charge in [0.1, 0.15) is 5.75 Å². The zero-order valence-electron chi connectivity index (χ0n) is 12.3. The maximum absolute atomic E-state index is 12.1. The summed E-state index contributed by atoms with van der Waals surface area (Å²) in [6.07, 6.45) is 2.61. The molecule has 110 valence electrons. The quantitative estimate of drug-likeness (QED) is 0.863. The molecule has 2 rings (SSSR count). The molecular weight excluding hydrogens is 252 g/mol. The first-order valence-corrected chi connectivity index (χ1v) is 7.43. The number of piperidine rings is 1. The van der Waals surface area contributed by atoms with E-state index in [0.717, 1.165) is 30.7 Å². The summed E-state index contributed by atoms with van der Waals surface area (Å²) in [6, 6.07) is 8.33. The minimum atomic E-state index is 0.0923. The van der Waals surface area contributed by atoms with Crippen molar-refractivity contribution in [1.82, 2.24) is 10.6 Å². The molecule has 0 aliphatic carbocycles. The van der Waals surface area contributed by atoms with E-state index in [1.165, 1.54) is 0 Å². The van der Waals surface area contributed by atoms with E-state index in [4.69, 9.17) is 4.74 Å². The second-order valence-electron chi connectivity index (χ2n) is 5.31. The van der Waals surface area contributed by atoms with Gasteiger partial charge >= 0.3 is 0 Å². The zero-order valence-corrected chi connectivity index (χ0v) is 12.3. The van der Waals surface area contributed by atoms with E-state index in [2.05, 4.69) is 17.6 Å². The van der Waals surface area contributed by atoms with Gasteiger partial charge in [0.2, 0.25) is 5.91 Å². The van der Waals surface area contributed by atoms with Gasteiger partial charge < -0.3 is 15.4 Å². The molecule has 1 fully saturated rings. The van der Waals surface area contributed by atoms with Gasteiger partial charge in [-0.25, -0.2) is 0 Å². The summed E-state index contributed by atoms with van der Waals surface area (Å²) in [5.74, 6) is 0.941. The summed E-state index contributed by atoms with van der Waals surface area (Å²) in [6.45, 7) is 5.79. The summed E-state index contributed by atoms with van der Waals surface area (Å²) in [4.78, 5) is 12.1. The highest BCUT2D eigenvalue weighted by molar-refractivity contribution is 5.79. The smallest absolute Gasteiger partial charge is 0.224 e. The number of carbonyl (C=O) groups excluding carboxylic acids is 1. The molecule has 20 heavy (non-hydrogen) atoms.